The van der Waals surface area contributed by atoms with Crippen LogP contribution in [-0.4, -0.2) is 66.6 Å². The zero-order valence-corrected chi connectivity index (χ0v) is 20.5. The van der Waals surface area contributed by atoms with Gasteiger partial charge in [0.2, 0.25) is 5.91 Å². The van der Waals surface area contributed by atoms with E-state index in [9.17, 15) is 4.79 Å². The SMILES string of the molecule is CC1CCC(NC(=O)C2NC3CCCCC3S2)CC1NC1NCCC(C2CCCNC2)N1. The highest BCUT2D eigenvalue weighted by Gasteiger charge is 2.40. The molecule has 32 heavy (non-hydrogen) atoms. The van der Waals surface area contributed by atoms with E-state index in [1.807, 2.05) is 11.8 Å². The molecule has 3 heterocycles. The maximum absolute atomic E-state index is 13.0. The maximum atomic E-state index is 13.0. The highest BCUT2D eigenvalue weighted by atomic mass is 32.2. The number of hydrogen-bond acceptors (Lipinski definition) is 7. The maximum Gasteiger partial charge on any atom is 0.247 e. The summed E-state index contributed by atoms with van der Waals surface area (Å²) in [6.07, 6.45) is 12.4. The largest absolute Gasteiger partial charge is 0.351 e. The van der Waals surface area contributed by atoms with Crippen molar-refractivity contribution >= 4 is 17.7 Å². The number of hydrogen-bond donors (Lipinski definition) is 6. The van der Waals surface area contributed by atoms with Crippen molar-refractivity contribution < 1.29 is 4.79 Å². The van der Waals surface area contributed by atoms with E-state index in [4.69, 9.17) is 0 Å². The van der Waals surface area contributed by atoms with E-state index < -0.39 is 0 Å². The van der Waals surface area contributed by atoms with E-state index in [2.05, 4.69) is 38.8 Å². The molecule has 0 spiro atoms. The lowest BCUT2D eigenvalue weighted by molar-refractivity contribution is -0.122. The van der Waals surface area contributed by atoms with Crippen LogP contribution in [-0.2, 0) is 4.79 Å². The topological polar surface area (TPSA) is 89.2 Å². The Kier molecular flexibility index (Phi) is 7.97. The van der Waals surface area contributed by atoms with Gasteiger partial charge in [-0.1, -0.05) is 19.8 Å². The van der Waals surface area contributed by atoms with Crippen LogP contribution in [0.25, 0.3) is 0 Å². The Morgan fingerprint density at radius 2 is 1.84 bits per heavy atom. The Morgan fingerprint density at radius 1 is 0.938 bits per heavy atom. The first kappa shape index (κ1) is 23.4. The first-order chi connectivity index (χ1) is 15.7. The van der Waals surface area contributed by atoms with Crippen LogP contribution in [0, 0.1) is 11.8 Å². The molecule has 0 aromatic carbocycles. The lowest BCUT2D eigenvalue weighted by atomic mass is 9.82. The molecule has 1 amide bonds. The highest BCUT2D eigenvalue weighted by Crippen LogP contribution is 2.37. The molecule has 8 heteroatoms. The number of fused-ring (bicyclic) bond motifs is 1. The van der Waals surface area contributed by atoms with E-state index >= 15 is 0 Å². The molecule has 5 rings (SSSR count). The van der Waals surface area contributed by atoms with Gasteiger partial charge in [0, 0.05) is 29.4 Å². The molecule has 5 fully saturated rings. The second-order valence-electron chi connectivity index (χ2n) is 10.9. The molecule has 3 saturated heterocycles. The lowest BCUT2D eigenvalue weighted by Gasteiger charge is -2.42. The zero-order chi connectivity index (χ0) is 21.9. The Balaban J connectivity index is 1.10. The number of rotatable bonds is 5. The Bertz CT molecular complexity index is 618. The molecule has 9 atom stereocenters. The lowest BCUT2D eigenvalue weighted by Crippen LogP contribution is -2.66. The van der Waals surface area contributed by atoms with E-state index in [0.717, 1.165) is 31.8 Å². The Hall–Kier alpha value is -0.380. The molecule has 7 nitrogen and oxygen atoms in total. The summed E-state index contributed by atoms with van der Waals surface area (Å²) in [5.74, 6) is 1.58. The molecule has 0 aromatic heterocycles. The van der Waals surface area contributed by atoms with Crippen molar-refractivity contribution in [2.75, 3.05) is 19.6 Å². The van der Waals surface area contributed by atoms with Crippen LogP contribution in [0.15, 0.2) is 0 Å². The average molecular weight is 465 g/mol. The van der Waals surface area contributed by atoms with Crippen LogP contribution in [0.4, 0.5) is 0 Å². The predicted octanol–water partition coefficient (Wildman–Crippen LogP) is 1.46. The molecule has 3 aliphatic heterocycles. The zero-order valence-electron chi connectivity index (χ0n) is 19.7. The summed E-state index contributed by atoms with van der Waals surface area (Å²) in [6.45, 7) is 5.75. The summed E-state index contributed by atoms with van der Waals surface area (Å²) in [5.41, 5.74) is 0. The van der Waals surface area contributed by atoms with E-state index in [-0.39, 0.29) is 23.6 Å². The molecule has 2 saturated carbocycles. The van der Waals surface area contributed by atoms with E-state index in [1.54, 1.807) is 0 Å². The summed E-state index contributed by atoms with van der Waals surface area (Å²) in [4.78, 5) is 13.0. The van der Waals surface area contributed by atoms with Gasteiger partial charge in [0.15, 0.2) is 0 Å². The molecule has 5 aliphatic rings. The summed E-state index contributed by atoms with van der Waals surface area (Å²) >= 11 is 1.87. The van der Waals surface area contributed by atoms with Crippen molar-refractivity contribution in [1.29, 1.82) is 0 Å². The second kappa shape index (κ2) is 10.9. The van der Waals surface area contributed by atoms with Gasteiger partial charge in [-0.05, 0) is 82.8 Å². The first-order valence-electron chi connectivity index (χ1n) is 13.3. The molecule has 9 unspecified atom stereocenters. The third-order valence-corrected chi connectivity index (χ3v) is 10.2. The van der Waals surface area contributed by atoms with Crippen molar-refractivity contribution in [1.82, 2.24) is 31.9 Å². The summed E-state index contributed by atoms with van der Waals surface area (Å²) in [5, 5.41) is 22.5. The predicted molar refractivity (Wildman–Crippen MR) is 131 cm³/mol. The molecule has 2 aliphatic carbocycles. The number of nitrogens with one attached hydrogen (secondary N) is 6. The van der Waals surface area contributed by atoms with E-state index in [1.165, 1.54) is 57.9 Å². The molecule has 182 valence electrons. The van der Waals surface area contributed by atoms with Gasteiger partial charge in [0.25, 0.3) is 0 Å². The summed E-state index contributed by atoms with van der Waals surface area (Å²) in [6, 6.07) is 1.84. The van der Waals surface area contributed by atoms with Gasteiger partial charge in [0.1, 0.15) is 11.7 Å². The standard InChI is InChI=1S/C24H44N6OS/c1-15-8-9-17(27-22(31)23-28-19-6-2-3-7-21(19)32-23)13-20(15)30-24-26-12-10-18(29-24)16-5-4-11-25-14-16/h15-21,23-26,28-30H,2-14H2,1H3,(H,27,31). The minimum Gasteiger partial charge on any atom is -0.351 e. The van der Waals surface area contributed by atoms with Gasteiger partial charge in [-0.15, -0.1) is 11.8 Å². The fourth-order valence-corrected chi connectivity index (χ4v) is 8.11. The minimum absolute atomic E-state index is 0.0552. The minimum atomic E-state index is -0.0552. The molecule has 0 radical (unpaired) electrons. The fourth-order valence-electron chi connectivity index (χ4n) is 6.61. The highest BCUT2D eigenvalue weighted by molar-refractivity contribution is 8.01. The summed E-state index contributed by atoms with van der Waals surface area (Å²) in [7, 11) is 0. The molecule has 0 aromatic rings. The number of amides is 1. The smallest absolute Gasteiger partial charge is 0.247 e. The van der Waals surface area contributed by atoms with Gasteiger partial charge < -0.3 is 10.6 Å². The molecule has 0 bridgehead atoms. The van der Waals surface area contributed by atoms with Crippen molar-refractivity contribution in [3.8, 4) is 0 Å². The van der Waals surface area contributed by atoms with Gasteiger partial charge in [-0.3, -0.25) is 26.1 Å². The van der Waals surface area contributed by atoms with Gasteiger partial charge in [-0.2, -0.15) is 0 Å². The number of piperidine rings is 1. The van der Waals surface area contributed by atoms with E-state index in [0.29, 0.717) is 29.3 Å². The monoisotopic (exact) mass is 464 g/mol. The van der Waals surface area contributed by atoms with Gasteiger partial charge >= 0.3 is 0 Å². The van der Waals surface area contributed by atoms with Crippen molar-refractivity contribution in [2.24, 2.45) is 11.8 Å². The van der Waals surface area contributed by atoms with Crippen LogP contribution in [0.5, 0.6) is 0 Å². The molecular formula is C24H44N6OS. The van der Waals surface area contributed by atoms with Crippen LogP contribution < -0.4 is 31.9 Å². The fraction of sp³-hybridized carbons (Fsp3) is 0.958. The molecular weight excluding hydrogens is 420 g/mol. The summed E-state index contributed by atoms with van der Waals surface area (Å²) < 4.78 is 0. The van der Waals surface area contributed by atoms with Crippen molar-refractivity contribution in [2.45, 2.75) is 112 Å². The quantitative estimate of drug-likeness (QED) is 0.367. The first-order valence-corrected chi connectivity index (χ1v) is 14.3. The Labute approximate surface area is 198 Å². The normalized spacial score (nSPS) is 45.2. The van der Waals surface area contributed by atoms with Gasteiger partial charge in [-0.25, -0.2) is 0 Å². The van der Waals surface area contributed by atoms with Crippen LogP contribution in [0.3, 0.4) is 0 Å². The average Bonchev–Trinajstić information content (AvgIpc) is 3.27. The third-order valence-electron chi connectivity index (χ3n) is 8.63. The van der Waals surface area contributed by atoms with Crippen LogP contribution in [0.1, 0.15) is 71.1 Å². The number of carbonyl (C=O) groups is 1. The molecule has 6 N–H and O–H groups in total. The van der Waals surface area contributed by atoms with Crippen LogP contribution >= 0.6 is 11.8 Å². The number of thioether (sulfide) groups is 1. The van der Waals surface area contributed by atoms with Crippen molar-refractivity contribution in [3.63, 3.8) is 0 Å². The number of carbonyl (C=O) groups excluding carboxylic acids is 1. The van der Waals surface area contributed by atoms with Crippen LogP contribution in [0.2, 0.25) is 0 Å². The Morgan fingerprint density at radius 3 is 2.69 bits per heavy atom. The second-order valence-corrected chi connectivity index (χ2v) is 12.3. The third kappa shape index (κ3) is 5.63. The van der Waals surface area contributed by atoms with Gasteiger partial charge in [0.05, 0.1) is 0 Å². The van der Waals surface area contributed by atoms with Crippen molar-refractivity contribution in [3.05, 3.63) is 0 Å².